The van der Waals surface area contributed by atoms with Gasteiger partial charge in [-0.15, -0.1) is 0 Å². The smallest absolute Gasteiger partial charge is 0.335 e. The fraction of sp³-hybridized carbons (Fsp3) is 0.500. The number of aromatic nitrogens is 1. The van der Waals surface area contributed by atoms with E-state index in [-0.39, 0.29) is 5.56 Å². The molecule has 94 valence electrons. The number of aliphatic hydroxyl groups excluding tert-OH is 1. The van der Waals surface area contributed by atoms with E-state index in [1.54, 1.807) is 13.8 Å². The number of carboxylic acids is 1. The molecule has 0 aliphatic carbocycles. The number of aromatic carboxylic acids is 1. The Labute approximate surface area is 101 Å². The molecule has 0 amide bonds. The van der Waals surface area contributed by atoms with Crippen LogP contribution in [0.4, 0.5) is 5.82 Å². The SMILES string of the molecule is Cc1cc(C(=O)O)cc(NC(C)(C)C(C)O)n1. The summed E-state index contributed by atoms with van der Waals surface area (Å²) >= 11 is 0. The first kappa shape index (κ1) is 13.4. The largest absolute Gasteiger partial charge is 0.478 e. The second kappa shape index (κ2) is 4.71. The van der Waals surface area contributed by atoms with Crippen LogP contribution in [0, 0.1) is 6.92 Å². The molecule has 0 saturated carbocycles. The fourth-order valence-corrected chi connectivity index (χ4v) is 1.29. The molecule has 0 spiro atoms. The van der Waals surface area contributed by atoms with Crippen LogP contribution >= 0.6 is 0 Å². The lowest BCUT2D eigenvalue weighted by atomic mass is 9.99. The Morgan fingerprint density at radius 2 is 2.06 bits per heavy atom. The number of anilines is 1. The maximum atomic E-state index is 10.9. The van der Waals surface area contributed by atoms with Gasteiger partial charge < -0.3 is 15.5 Å². The van der Waals surface area contributed by atoms with Gasteiger partial charge in [0.2, 0.25) is 0 Å². The van der Waals surface area contributed by atoms with Gasteiger partial charge in [0, 0.05) is 5.69 Å². The van der Waals surface area contributed by atoms with Crippen LogP contribution < -0.4 is 5.32 Å². The van der Waals surface area contributed by atoms with E-state index in [0.29, 0.717) is 11.5 Å². The predicted octanol–water partition coefficient (Wildman–Crippen LogP) is 1.66. The Morgan fingerprint density at radius 3 is 2.53 bits per heavy atom. The van der Waals surface area contributed by atoms with Gasteiger partial charge in [-0.05, 0) is 39.8 Å². The minimum absolute atomic E-state index is 0.182. The molecule has 5 heteroatoms. The molecule has 1 aromatic heterocycles. The van der Waals surface area contributed by atoms with E-state index in [2.05, 4.69) is 10.3 Å². The van der Waals surface area contributed by atoms with E-state index in [1.165, 1.54) is 12.1 Å². The van der Waals surface area contributed by atoms with E-state index >= 15 is 0 Å². The summed E-state index contributed by atoms with van der Waals surface area (Å²) in [5.74, 6) is -0.540. The summed E-state index contributed by atoms with van der Waals surface area (Å²) in [5, 5.41) is 21.5. The van der Waals surface area contributed by atoms with Gasteiger partial charge in [0.05, 0.1) is 17.2 Å². The van der Waals surface area contributed by atoms with E-state index in [1.807, 2.05) is 13.8 Å². The average molecular weight is 238 g/mol. The minimum atomic E-state index is -0.992. The van der Waals surface area contributed by atoms with Gasteiger partial charge in [0.15, 0.2) is 0 Å². The highest BCUT2D eigenvalue weighted by molar-refractivity contribution is 5.88. The molecule has 1 atom stereocenters. The molecule has 1 unspecified atom stereocenters. The van der Waals surface area contributed by atoms with Gasteiger partial charge in [-0.2, -0.15) is 0 Å². The summed E-state index contributed by atoms with van der Waals surface area (Å²) in [5.41, 5.74) is 0.228. The summed E-state index contributed by atoms with van der Waals surface area (Å²) in [7, 11) is 0. The van der Waals surface area contributed by atoms with Crippen molar-refractivity contribution >= 4 is 11.8 Å². The van der Waals surface area contributed by atoms with Gasteiger partial charge in [-0.25, -0.2) is 9.78 Å². The van der Waals surface area contributed by atoms with Gasteiger partial charge >= 0.3 is 5.97 Å². The maximum Gasteiger partial charge on any atom is 0.335 e. The van der Waals surface area contributed by atoms with Gasteiger partial charge in [0.25, 0.3) is 0 Å². The molecule has 0 aromatic carbocycles. The third-order valence-electron chi connectivity index (χ3n) is 2.70. The van der Waals surface area contributed by atoms with Crippen LogP contribution in [0.3, 0.4) is 0 Å². The topological polar surface area (TPSA) is 82.5 Å². The molecular formula is C12H18N2O3. The van der Waals surface area contributed by atoms with Crippen molar-refractivity contribution in [2.45, 2.75) is 39.3 Å². The monoisotopic (exact) mass is 238 g/mol. The van der Waals surface area contributed by atoms with Crippen molar-refractivity contribution in [1.29, 1.82) is 0 Å². The number of carbonyl (C=O) groups is 1. The van der Waals surface area contributed by atoms with Crippen LogP contribution in [-0.4, -0.2) is 32.8 Å². The highest BCUT2D eigenvalue weighted by Crippen LogP contribution is 2.18. The first-order valence-electron chi connectivity index (χ1n) is 5.40. The molecule has 0 aliphatic rings. The Balaban J connectivity index is 3.03. The molecule has 0 aliphatic heterocycles. The van der Waals surface area contributed by atoms with E-state index in [0.717, 1.165) is 0 Å². The van der Waals surface area contributed by atoms with E-state index in [4.69, 9.17) is 5.11 Å². The quantitative estimate of drug-likeness (QED) is 0.743. The molecule has 0 bridgehead atoms. The number of nitrogens with zero attached hydrogens (tertiary/aromatic N) is 1. The summed E-state index contributed by atoms with van der Waals surface area (Å²) in [4.78, 5) is 15.1. The fourth-order valence-electron chi connectivity index (χ4n) is 1.29. The van der Waals surface area contributed by atoms with Crippen LogP contribution in [0.5, 0.6) is 0 Å². The highest BCUT2D eigenvalue weighted by Gasteiger charge is 2.24. The average Bonchev–Trinajstić information content (AvgIpc) is 2.15. The van der Waals surface area contributed by atoms with E-state index in [9.17, 15) is 9.90 Å². The molecule has 0 fully saturated rings. The molecule has 3 N–H and O–H groups in total. The number of hydrogen-bond donors (Lipinski definition) is 3. The number of nitrogens with one attached hydrogen (secondary N) is 1. The van der Waals surface area contributed by atoms with Crippen LogP contribution in [-0.2, 0) is 0 Å². The van der Waals surface area contributed by atoms with Crippen molar-refractivity contribution in [3.05, 3.63) is 23.4 Å². The van der Waals surface area contributed by atoms with Crippen molar-refractivity contribution in [2.75, 3.05) is 5.32 Å². The van der Waals surface area contributed by atoms with Crippen molar-refractivity contribution in [3.63, 3.8) is 0 Å². The number of carboxylic acid groups (broad SMARTS) is 1. The third kappa shape index (κ3) is 3.42. The zero-order chi connectivity index (χ0) is 13.2. The Kier molecular flexibility index (Phi) is 3.72. The molecule has 5 nitrogen and oxygen atoms in total. The predicted molar refractivity (Wildman–Crippen MR) is 65.3 cm³/mol. The molecule has 1 rings (SSSR count). The zero-order valence-electron chi connectivity index (χ0n) is 10.5. The molecule has 0 saturated heterocycles. The Bertz CT molecular complexity index is 428. The standard InChI is InChI=1S/C12H18N2O3/c1-7-5-9(11(16)17)6-10(13-7)14-12(3,4)8(2)15/h5-6,8,15H,1-4H3,(H,13,14)(H,16,17). The normalized spacial score (nSPS) is 13.2. The summed E-state index contributed by atoms with van der Waals surface area (Å²) in [6, 6.07) is 2.96. The number of hydrogen-bond acceptors (Lipinski definition) is 4. The number of pyridine rings is 1. The second-order valence-electron chi connectivity index (χ2n) is 4.71. The first-order valence-corrected chi connectivity index (χ1v) is 5.40. The maximum absolute atomic E-state index is 10.9. The minimum Gasteiger partial charge on any atom is -0.478 e. The van der Waals surface area contributed by atoms with Gasteiger partial charge in [-0.3, -0.25) is 0 Å². The van der Waals surface area contributed by atoms with Crippen molar-refractivity contribution < 1.29 is 15.0 Å². The Hall–Kier alpha value is -1.62. The summed E-state index contributed by atoms with van der Waals surface area (Å²) in [6.45, 7) is 7.04. The lowest BCUT2D eigenvalue weighted by molar-refractivity contribution is 0.0696. The summed E-state index contributed by atoms with van der Waals surface area (Å²) < 4.78 is 0. The van der Waals surface area contributed by atoms with Crippen LogP contribution in [0.1, 0.15) is 36.8 Å². The van der Waals surface area contributed by atoms with Crippen molar-refractivity contribution in [3.8, 4) is 0 Å². The van der Waals surface area contributed by atoms with E-state index < -0.39 is 17.6 Å². The molecule has 1 aromatic rings. The molecule has 0 radical (unpaired) electrons. The van der Waals surface area contributed by atoms with Crippen LogP contribution in [0.2, 0.25) is 0 Å². The van der Waals surface area contributed by atoms with Crippen LogP contribution in [0.25, 0.3) is 0 Å². The third-order valence-corrected chi connectivity index (χ3v) is 2.70. The lowest BCUT2D eigenvalue weighted by Crippen LogP contribution is -2.42. The first-order chi connectivity index (χ1) is 7.72. The number of aryl methyl sites for hydroxylation is 1. The molecule has 1 heterocycles. The number of aliphatic hydroxyl groups is 1. The van der Waals surface area contributed by atoms with Crippen molar-refractivity contribution in [1.82, 2.24) is 4.98 Å². The summed E-state index contributed by atoms with van der Waals surface area (Å²) in [6.07, 6.45) is -0.585. The molecular weight excluding hydrogens is 220 g/mol. The highest BCUT2D eigenvalue weighted by atomic mass is 16.4. The van der Waals surface area contributed by atoms with Crippen molar-refractivity contribution in [2.24, 2.45) is 0 Å². The van der Waals surface area contributed by atoms with Crippen LogP contribution in [0.15, 0.2) is 12.1 Å². The van der Waals surface area contributed by atoms with Gasteiger partial charge in [-0.1, -0.05) is 0 Å². The lowest BCUT2D eigenvalue weighted by Gasteiger charge is -2.30. The zero-order valence-corrected chi connectivity index (χ0v) is 10.5. The van der Waals surface area contributed by atoms with Gasteiger partial charge in [0.1, 0.15) is 5.82 Å². The Morgan fingerprint density at radius 1 is 1.47 bits per heavy atom. The second-order valence-corrected chi connectivity index (χ2v) is 4.71. The number of rotatable bonds is 4. The molecule has 17 heavy (non-hydrogen) atoms.